The number of unbranched alkanes of at least 4 members (excludes halogenated alkanes) is 2. The van der Waals surface area contributed by atoms with Crippen LogP contribution in [0.3, 0.4) is 0 Å². The maximum Gasteiger partial charge on any atom is 0.0701 e. The van der Waals surface area contributed by atoms with Crippen molar-refractivity contribution in [2.24, 2.45) is 0 Å². The Hall–Kier alpha value is 0.100. The van der Waals surface area contributed by atoms with Crippen LogP contribution in [0.1, 0.15) is 31.7 Å². The molecular formula is C12H20BrNOS. The number of hydrogen-bond donors (Lipinski definition) is 1. The standard InChI is InChI=1S/C12H20BrNOS/c1-2-3-4-5-14(6-7-15)9-11-8-12(13)16-10-11/h8,10,15H,2-7,9H2,1H3. The van der Waals surface area contributed by atoms with Crippen molar-refractivity contribution in [2.75, 3.05) is 19.7 Å². The average Bonchev–Trinajstić information content (AvgIpc) is 2.65. The highest BCUT2D eigenvalue weighted by molar-refractivity contribution is 9.11. The van der Waals surface area contributed by atoms with Crippen LogP contribution < -0.4 is 0 Å². The number of hydrogen-bond acceptors (Lipinski definition) is 3. The number of rotatable bonds is 8. The molecule has 0 bridgehead atoms. The zero-order chi connectivity index (χ0) is 11.8. The molecule has 0 unspecified atom stereocenters. The third-order valence-corrected chi connectivity index (χ3v) is 4.08. The summed E-state index contributed by atoms with van der Waals surface area (Å²) in [7, 11) is 0. The fourth-order valence-electron chi connectivity index (χ4n) is 1.68. The van der Waals surface area contributed by atoms with Gasteiger partial charge in [-0.2, -0.15) is 0 Å². The van der Waals surface area contributed by atoms with Crippen molar-refractivity contribution < 1.29 is 5.11 Å². The van der Waals surface area contributed by atoms with E-state index in [4.69, 9.17) is 5.11 Å². The Labute approximate surface area is 110 Å². The molecule has 0 amide bonds. The number of halogens is 1. The van der Waals surface area contributed by atoms with E-state index < -0.39 is 0 Å². The number of aliphatic hydroxyl groups is 1. The molecule has 0 saturated heterocycles. The van der Waals surface area contributed by atoms with Gasteiger partial charge in [0, 0.05) is 13.1 Å². The van der Waals surface area contributed by atoms with E-state index in [1.807, 2.05) is 0 Å². The summed E-state index contributed by atoms with van der Waals surface area (Å²) in [5.41, 5.74) is 1.34. The molecule has 0 aliphatic rings. The van der Waals surface area contributed by atoms with Crippen molar-refractivity contribution >= 4 is 27.3 Å². The van der Waals surface area contributed by atoms with E-state index in [0.29, 0.717) is 0 Å². The molecule has 2 nitrogen and oxygen atoms in total. The van der Waals surface area contributed by atoms with Crippen molar-refractivity contribution in [3.63, 3.8) is 0 Å². The first-order chi connectivity index (χ1) is 7.76. The second kappa shape index (κ2) is 8.23. The number of thiophene rings is 1. The fraction of sp³-hybridized carbons (Fsp3) is 0.667. The lowest BCUT2D eigenvalue weighted by Gasteiger charge is -2.20. The lowest BCUT2D eigenvalue weighted by molar-refractivity contribution is 0.188. The van der Waals surface area contributed by atoms with Gasteiger partial charge in [0.1, 0.15) is 0 Å². The summed E-state index contributed by atoms with van der Waals surface area (Å²) < 4.78 is 1.18. The number of nitrogens with zero attached hydrogens (tertiary/aromatic N) is 1. The maximum absolute atomic E-state index is 9.03. The Bertz CT molecular complexity index is 290. The van der Waals surface area contributed by atoms with Gasteiger partial charge in [0.05, 0.1) is 10.4 Å². The van der Waals surface area contributed by atoms with Gasteiger partial charge in [-0.3, -0.25) is 4.90 Å². The normalized spacial score (nSPS) is 11.2. The van der Waals surface area contributed by atoms with Crippen LogP contribution in [0.2, 0.25) is 0 Å². The molecule has 1 heterocycles. The van der Waals surface area contributed by atoms with Gasteiger partial charge in [-0.25, -0.2) is 0 Å². The zero-order valence-corrected chi connectivity index (χ0v) is 12.2. The minimum absolute atomic E-state index is 0.247. The monoisotopic (exact) mass is 305 g/mol. The fourth-order valence-corrected chi connectivity index (χ4v) is 2.88. The first kappa shape index (κ1) is 14.2. The maximum atomic E-state index is 9.03. The summed E-state index contributed by atoms with van der Waals surface area (Å²) in [5, 5.41) is 11.2. The van der Waals surface area contributed by atoms with Crippen molar-refractivity contribution in [1.82, 2.24) is 4.90 Å². The molecule has 0 atom stereocenters. The predicted molar refractivity (Wildman–Crippen MR) is 73.9 cm³/mol. The van der Waals surface area contributed by atoms with Gasteiger partial charge in [-0.15, -0.1) is 11.3 Å². The highest BCUT2D eigenvalue weighted by Crippen LogP contribution is 2.21. The third-order valence-electron chi connectivity index (χ3n) is 2.52. The lowest BCUT2D eigenvalue weighted by Crippen LogP contribution is -2.27. The molecule has 1 N–H and O–H groups in total. The van der Waals surface area contributed by atoms with E-state index in [2.05, 4.69) is 39.2 Å². The molecule has 4 heteroatoms. The van der Waals surface area contributed by atoms with Crippen molar-refractivity contribution in [3.05, 3.63) is 20.8 Å². The van der Waals surface area contributed by atoms with E-state index in [9.17, 15) is 0 Å². The lowest BCUT2D eigenvalue weighted by atomic mass is 10.2. The van der Waals surface area contributed by atoms with Crippen LogP contribution in [0, 0.1) is 0 Å². The molecular weight excluding hydrogens is 286 g/mol. The SMILES string of the molecule is CCCCCN(CCO)Cc1csc(Br)c1. The summed E-state index contributed by atoms with van der Waals surface area (Å²) in [6, 6.07) is 2.16. The molecule has 0 saturated carbocycles. The van der Waals surface area contributed by atoms with Gasteiger partial charge in [-0.1, -0.05) is 19.8 Å². The highest BCUT2D eigenvalue weighted by Gasteiger charge is 2.06. The largest absolute Gasteiger partial charge is 0.395 e. The van der Waals surface area contributed by atoms with Crippen LogP contribution >= 0.6 is 27.3 Å². The Morgan fingerprint density at radius 1 is 1.38 bits per heavy atom. The molecule has 1 aromatic rings. The van der Waals surface area contributed by atoms with E-state index >= 15 is 0 Å². The van der Waals surface area contributed by atoms with Gasteiger partial charge in [-0.05, 0) is 45.9 Å². The van der Waals surface area contributed by atoms with Gasteiger partial charge in [0.15, 0.2) is 0 Å². The molecule has 0 radical (unpaired) electrons. The molecule has 16 heavy (non-hydrogen) atoms. The Morgan fingerprint density at radius 2 is 2.19 bits per heavy atom. The Kier molecular flexibility index (Phi) is 7.28. The Morgan fingerprint density at radius 3 is 2.75 bits per heavy atom. The molecule has 1 aromatic heterocycles. The summed E-state index contributed by atoms with van der Waals surface area (Å²) in [5.74, 6) is 0. The molecule has 0 fully saturated rings. The van der Waals surface area contributed by atoms with Gasteiger partial charge in [0.2, 0.25) is 0 Å². The van der Waals surface area contributed by atoms with Crippen LogP contribution in [-0.4, -0.2) is 29.7 Å². The van der Waals surface area contributed by atoms with Crippen LogP contribution in [-0.2, 0) is 6.54 Å². The smallest absolute Gasteiger partial charge is 0.0701 e. The van der Waals surface area contributed by atoms with Crippen LogP contribution in [0.5, 0.6) is 0 Å². The van der Waals surface area contributed by atoms with E-state index in [-0.39, 0.29) is 6.61 Å². The zero-order valence-electron chi connectivity index (χ0n) is 9.79. The quantitative estimate of drug-likeness (QED) is 0.743. The van der Waals surface area contributed by atoms with E-state index in [0.717, 1.165) is 19.6 Å². The van der Waals surface area contributed by atoms with Crippen molar-refractivity contribution in [3.8, 4) is 0 Å². The predicted octanol–water partition coefficient (Wildman–Crippen LogP) is 3.50. The minimum atomic E-state index is 0.247. The minimum Gasteiger partial charge on any atom is -0.395 e. The Balaban J connectivity index is 2.37. The molecule has 0 aliphatic carbocycles. The second-order valence-corrected chi connectivity index (χ2v) is 6.26. The van der Waals surface area contributed by atoms with Gasteiger partial charge >= 0.3 is 0 Å². The van der Waals surface area contributed by atoms with Gasteiger partial charge in [0.25, 0.3) is 0 Å². The average molecular weight is 306 g/mol. The molecule has 0 aliphatic heterocycles. The summed E-state index contributed by atoms with van der Waals surface area (Å²) >= 11 is 5.20. The highest BCUT2D eigenvalue weighted by atomic mass is 79.9. The second-order valence-electron chi connectivity index (χ2n) is 3.97. The van der Waals surface area contributed by atoms with Crippen molar-refractivity contribution in [2.45, 2.75) is 32.7 Å². The van der Waals surface area contributed by atoms with Gasteiger partial charge < -0.3 is 5.11 Å². The van der Waals surface area contributed by atoms with E-state index in [1.165, 1.54) is 28.6 Å². The van der Waals surface area contributed by atoms with E-state index in [1.54, 1.807) is 11.3 Å². The summed E-state index contributed by atoms with van der Waals surface area (Å²) in [6.45, 7) is 5.27. The molecule has 1 rings (SSSR count). The van der Waals surface area contributed by atoms with Crippen LogP contribution in [0.25, 0.3) is 0 Å². The molecule has 92 valence electrons. The third kappa shape index (κ3) is 5.43. The summed E-state index contributed by atoms with van der Waals surface area (Å²) in [6.07, 6.45) is 3.74. The first-order valence-electron chi connectivity index (χ1n) is 5.82. The van der Waals surface area contributed by atoms with Crippen LogP contribution in [0.15, 0.2) is 15.2 Å². The first-order valence-corrected chi connectivity index (χ1v) is 7.49. The topological polar surface area (TPSA) is 23.5 Å². The van der Waals surface area contributed by atoms with Crippen molar-refractivity contribution in [1.29, 1.82) is 0 Å². The number of aliphatic hydroxyl groups excluding tert-OH is 1. The summed E-state index contributed by atoms with van der Waals surface area (Å²) in [4.78, 5) is 2.32. The molecule has 0 aromatic carbocycles. The van der Waals surface area contributed by atoms with Crippen LogP contribution in [0.4, 0.5) is 0 Å². The molecule has 0 spiro atoms.